The Morgan fingerprint density at radius 1 is 1.35 bits per heavy atom. The Morgan fingerprint density at radius 3 is 2.65 bits per heavy atom. The lowest BCUT2D eigenvalue weighted by molar-refractivity contribution is -0.129. The number of carbonyl (C=O) groups is 1. The first-order chi connectivity index (χ1) is 8.19. The van der Waals surface area contributed by atoms with Gasteiger partial charge in [0.05, 0.1) is 5.57 Å². The van der Waals surface area contributed by atoms with Gasteiger partial charge in [0.2, 0.25) is 0 Å². The maximum Gasteiger partial charge on any atom is 0.343 e. The van der Waals surface area contributed by atoms with Crippen LogP contribution in [0.3, 0.4) is 0 Å². The van der Waals surface area contributed by atoms with Crippen molar-refractivity contribution >= 4 is 5.97 Å². The zero-order valence-corrected chi connectivity index (χ0v) is 10.1. The second kappa shape index (κ2) is 6.48. The van der Waals surface area contributed by atoms with Crippen LogP contribution in [0.2, 0.25) is 0 Å². The number of carbonyl (C=O) groups excluding carboxylic acids is 1. The van der Waals surface area contributed by atoms with Crippen LogP contribution in [-0.4, -0.2) is 5.97 Å². The van der Waals surface area contributed by atoms with Crippen LogP contribution in [0.15, 0.2) is 60.7 Å². The zero-order valence-electron chi connectivity index (χ0n) is 10.1. The third-order valence-electron chi connectivity index (χ3n) is 2.18. The molecule has 1 aromatic rings. The van der Waals surface area contributed by atoms with Crippen molar-refractivity contribution in [2.24, 2.45) is 0 Å². The van der Waals surface area contributed by atoms with Gasteiger partial charge in [0.1, 0.15) is 5.75 Å². The summed E-state index contributed by atoms with van der Waals surface area (Å²) in [4.78, 5) is 11.9. The van der Waals surface area contributed by atoms with E-state index >= 15 is 0 Å². The molecule has 0 amide bonds. The number of esters is 1. The minimum atomic E-state index is -0.377. The molecular weight excluding hydrogens is 212 g/mol. The third kappa shape index (κ3) is 3.76. The maximum atomic E-state index is 11.9. The van der Waals surface area contributed by atoms with E-state index in [0.717, 1.165) is 5.56 Å². The van der Waals surface area contributed by atoms with Crippen molar-refractivity contribution in [1.82, 2.24) is 0 Å². The number of rotatable bonds is 4. The third-order valence-corrected chi connectivity index (χ3v) is 2.18. The van der Waals surface area contributed by atoms with Crippen LogP contribution in [0.1, 0.15) is 12.5 Å². The molecule has 0 radical (unpaired) electrons. The highest BCUT2D eigenvalue weighted by Crippen LogP contribution is 2.17. The second-order valence-electron chi connectivity index (χ2n) is 3.51. The number of ether oxygens (including phenoxy) is 1. The van der Waals surface area contributed by atoms with Crippen molar-refractivity contribution in [2.45, 2.75) is 13.8 Å². The van der Waals surface area contributed by atoms with Crippen LogP contribution in [-0.2, 0) is 4.79 Å². The van der Waals surface area contributed by atoms with Crippen LogP contribution in [0.4, 0.5) is 0 Å². The minimum absolute atomic E-state index is 0.377. The molecule has 0 aliphatic heterocycles. The normalized spacial score (nSPS) is 11.5. The molecule has 0 N–H and O–H groups in total. The number of para-hydroxylation sites is 1. The predicted molar refractivity (Wildman–Crippen MR) is 69.9 cm³/mol. The summed E-state index contributed by atoms with van der Waals surface area (Å²) in [6.07, 6.45) is 6.67. The Kier molecular flexibility index (Phi) is 4.95. The number of allylic oxidation sites excluding steroid dienone is 3. The zero-order chi connectivity index (χ0) is 12.7. The monoisotopic (exact) mass is 228 g/mol. The fourth-order valence-electron chi connectivity index (χ4n) is 1.33. The quantitative estimate of drug-likeness (QED) is 0.341. The van der Waals surface area contributed by atoms with E-state index < -0.39 is 0 Å². The summed E-state index contributed by atoms with van der Waals surface area (Å²) in [5.74, 6) is 0.203. The van der Waals surface area contributed by atoms with Crippen molar-refractivity contribution in [1.29, 1.82) is 0 Å². The van der Waals surface area contributed by atoms with Crippen LogP contribution in [0.25, 0.3) is 0 Å². The van der Waals surface area contributed by atoms with Gasteiger partial charge in [-0.1, -0.05) is 43.0 Å². The van der Waals surface area contributed by atoms with Gasteiger partial charge in [-0.2, -0.15) is 0 Å². The fourth-order valence-corrected chi connectivity index (χ4v) is 1.33. The molecule has 0 fully saturated rings. The van der Waals surface area contributed by atoms with Gasteiger partial charge in [-0.3, -0.25) is 0 Å². The Balaban J connectivity index is 2.88. The first-order valence-electron chi connectivity index (χ1n) is 5.42. The highest BCUT2D eigenvalue weighted by atomic mass is 16.5. The Hall–Kier alpha value is -2.09. The molecular formula is C15H16O2. The van der Waals surface area contributed by atoms with E-state index in [1.54, 1.807) is 30.4 Å². The number of hydrogen-bond donors (Lipinski definition) is 0. The van der Waals surface area contributed by atoms with Crippen LogP contribution in [0.5, 0.6) is 5.75 Å². The average Bonchev–Trinajstić information content (AvgIpc) is 2.32. The number of hydrogen-bond acceptors (Lipinski definition) is 2. The molecule has 0 saturated carbocycles. The maximum absolute atomic E-state index is 11.9. The van der Waals surface area contributed by atoms with Gasteiger partial charge < -0.3 is 4.74 Å². The SMILES string of the molecule is C=CC=C(C=CC)C(=O)Oc1ccccc1C. The molecule has 0 heterocycles. The standard InChI is InChI=1S/C15H16O2/c1-4-8-13(9-5-2)15(16)17-14-11-7-6-10-12(14)3/h4-11H,1H2,2-3H3. The molecule has 17 heavy (non-hydrogen) atoms. The van der Waals surface area contributed by atoms with Crippen molar-refractivity contribution in [3.63, 3.8) is 0 Å². The average molecular weight is 228 g/mol. The van der Waals surface area contributed by atoms with Crippen molar-refractivity contribution in [3.05, 3.63) is 66.3 Å². The van der Waals surface area contributed by atoms with Gasteiger partial charge in [0, 0.05) is 0 Å². The molecule has 1 aromatic carbocycles. The minimum Gasteiger partial charge on any atom is -0.423 e. The number of benzene rings is 1. The summed E-state index contributed by atoms with van der Waals surface area (Å²) in [7, 11) is 0. The first-order valence-corrected chi connectivity index (χ1v) is 5.42. The van der Waals surface area contributed by atoms with Gasteiger partial charge in [-0.15, -0.1) is 0 Å². The molecule has 88 valence electrons. The molecule has 0 aliphatic rings. The van der Waals surface area contributed by atoms with Crippen LogP contribution >= 0.6 is 0 Å². The van der Waals surface area contributed by atoms with E-state index in [1.807, 2.05) is 32.0 Å². The van der Waals surface area contributed by atoms with E-state index in [0.29, 0.717) is 11.3 Å². The molecule has 0 unspecified atom stereocenters. The summed E-state index contributed by atoms with van der Waals surface area (Å²) < 4.78 is 5.31. The summed E-state index contributed by atoms with van der Waals surface area (Å²) in [5, 5.41) is 0. The van der Waals surface area contributed by atoms with Gasteiger partial charge in [0.15, 0.2) is 0 Å². The molecule has 0 bridgehead atoms. The summed E-state index contributed by atoms with van der Waals surface area (Å²) in [6.45, 7) is 7.31. The van der Waals surface area contributed by atoms with Gasteiger partial charge in [-0.05, 0) is 31.6 Å². The highest BCUT2D eigenvalue weighted by molar-refractivity contribution is 5.93. The lowest BCUT2D eigenvalue weighted by Gasteiger charge is -2.07. The van der Waals surface area contributed by atoms with Gasteiger partial charge in [-0.25, -0.2) is 4.79 Å². The van der Waals surface area contributed by atoms with E-state index in [2.05, 4.69) is 6.58 Å². The topological polar surface area (TPSA) is 26.3 Å². The first kappa shape index (κ1) is 13.0. The molecule has 2 heteroatoms. The summed E-state index contributed by atoms with van der Waals surface area (Å²) in [5.41, 5.74) is 1.41. The Morgan fingerprint density at radius 2 is 2.06 bits per heavy atom. The molecule has 2 nitrogen and oxygen atoms in total. The van der Waals surface area contributed by atoms with Crippen molar-refractivity contribution < 1.29 is 9.53 Å². The van der Waals surface area contributed by atoms with E-state index in [-0.39, 0.29) is 5.97 Å². The molecule has 0 atom stereocenters. The van der Waals surface area contributed by atoms with E-state index in [1.165, 1.54) is 0 Å². The van der Waals surface area contributed by atoms with Crippen LogP contribution < -0.4 is 4.74 Å². The van der Waals surface area contributed by atoms with E-state index in [4.69, 9.17) is 4.74 Å². The lowest BCUT2D eigenvalue weighted by atomic mass is 10.2. The fraction of sp³-hybridized carbons (Fsp3) is 0.133. The Bertz CT molecular complexity index is 468. The predicted octanol–water partition coefficient (Wildman–Crippen LogP) is 3.59. The lowest BCUT2D eigenvalue weighted by Crippen LogP contribution is -2.10. The van der Waals surface area contributed by atoms with Gasteiger partial charge in [0.25, 0.3) is 0 Å². The highest BCUT2D eigenvalue weighted by Gasteiger charge is 2.09. The molecule has 0 aliphatic carbocycles. The molecule has 0 saturated heterocycles. The molecule has 1 rings (SSSR count). The van der Waals surface area contributed by atoms with Crippen molar-refractivity contribution in [3.8, 4) is 5.75 Å². The second-order valence-corrected chi connectivity index (χ2v) is 3.51. The summed E-state index contributed by atoms with van der Waals surface area (Å²) >= 11 is 0. The molecule has 0 spiro atoms. The van der Waals surface area contributed by atoms with Crippen LogP contribution in [0, 0.1) is 6.92 Å². The van der Waals surface area contributed by atoms with Crippen molar-refractivity contribution in [2.75, 3.05) is 0 Å². The van der Waals surface area contributed by atoms with E-state index in [9.17, 15) is 4.79 Å². The Labute approximate surface area is 102 Å². The largest absolute Gasteiger partial charge is 0.423 e. The molecule has 0 aromatic heterocycles. The smallest absolute Gasteiger partial charge is 0.343 e. The number of aryl methyl sites for hydroxylation is 1. The van der Waals surface area contributed by atoms with Gasteiger partial charge >= 0.3 is 5.97 Å². The summed E-state index contributed by atoms with van der Waals surface area (Å²) in [6, 6.07) is 7.41.